The molecule has 1 aliphatic rings. The van der Waals surface area contributed by atoms with E-state index in [0.29, 0.717) is 23.1 Å². The second-order valence-electron chi connectivity index (χ2n) is 7.83. The number of benzene rings is 2. The van der Waals surface area contributed by atoms with Crippen molar-refractivity contribution in [1.82, 2.24) is 14.5 Å². The second kappa shape index (κ2) is 8.14. The molecule has 154 valence electrons. The maximum atomic E-state index is 13.2. The summed E-state index contributed by atoms with van der Waals surface area (Å²) >= 11 is 0. The lowest BCUT2D eigenvalue weighted by molar-refractivity contribution is 0.101. The fourth-order valence-electron chi connectivity index (χ4n) is 3.53. The fraction of sp³-hybridized carbons (Fsp3) is 0.160. The molecule has 1 aliphatic carbocycles. The summed E-state index contributed by atoms with van der Waals surface area (Å²) in [6, 6.07) is 17.4. The Balaban J connectivity index is 1.42. The molecule has 2 aromatic heterocycles. The summed E-state index contributed by atoms with van der Waals surface area (Å²) in [6.07, 6.45) is 7.92. The highest BCUT2D eigenvalue weighted by Crippen LogP contribution is 2.33. The van der Waals surface area contributed by atoms with Gasteiger partial charge >= 0.3 is 0 Å². The number of hydrogen-bond donors (Lipinski definition) is 1. The van der Waals surface area contributed by atoms with E-state index in [1.165, 1.54) is 25.0 Å². The maximum Gasteiger partial charge on any atom is 0.272 e. The molecule has 1 amide bonds. The first-order valence-corrected chi connectivity index (χ1v) is 10.3. The van der Waals surface area contributed by atoms with E-state index in [4.69, 9.17) is 0 Å². The van der Waals surface area contributed by atoms with Crippen LogP contribution in [0.4, 0.5) is 10.1 Å². The second-order valence-corrected chi connectivity index (χ2v) is 7.83. The molecule has 0 saturated heterocycles. The van der Waals surface area contributed by atoms with E-state index in [1.807, 2.05) is 47.2 Å². The van der Waals surface area contributed by atoms with Gasteiger partial charge in [-0.25, -0.2) is 14.4 Å². The molecule has 1 fully saturated rings. The van der Waals surface area contributed by atoms with E-state index in [1.54, 1.807) is 24.5 Å². The van der Waals surface area contributed by atoms with Crippen LogP contribution in [0.3, 0.4) is 0 Å². The average Bonchev–Trinajstić information content (AvgIpc) is 3.52. The van der Waals surface area contributed by atoms with Crippen molar-refractivity contribution >= 4 is 11.6 Å². The summed E-state index contributed by atoms with van der Waals surface area (Å²) in [5.41, 5.74) is 3.83. The molecule has 5 nitrogen and oxygen atoms in total. The van der Waals surface area contributed by atoms with Gasteiger partial charge in [-0.1, -0.05) is 30.3 Å². The molecule has 4 aromatic rings. The van der Waals surface area contributed by atoms with E-state index in [9.17, 15) is 9.18 Å². The van der Waals surface area contributed by atoms with Crippen LogP contribution >= 0.6 is 0 Å². The highest BCUT2D eigenvalue weighted by Gasteiger charge is 2.25. The lowest BCUT2D eigenvalue weighted by Gasteiger charge is -2.09. The molecule has 1 saturated carbocycles. The summed E-state index contributed by atoms with van der Waals surface area (Å²) in [5.74, 6) is 0.710. The fourth-order valence-corrected chi connectivity index (χ4v) is 3.53. The van der Waals surface area contributed by atoms with Gasteiger partial charge in [0.1, 0.15) is 11.5 Å². The number of nitrogens with zero attached hydrogens (tertiary/aromatic N) is 3. The van der Waals surface area contributed by atoms with Crippen molar-refractivity contribution in [1.29, 1.82) is 0 Å². The van der Waals surface area contributed by atoms with Crippen LogP contribution in [0.15, 0.2) is 79.3 Å². The number of rotatable bonds is 6. The minimum Gasteiger partial charge on any atom is -0.343 e. The Labute approximate surface area is 179 Å². The first-order chi connectivity index (χ1) is 15.2. The van der Waals surface area contributed by atoms with Gasteiger partial charge in [-0.05, 0) is 49.1 Å². The smallest absolute Gasteiger partial charge is 0.272 e. The Kier molecular flexibility index (Phi) is 5.04. The average molecular weight is 412 g/mol. The van der Waals surface area contributed by atoms with Crippen molar-refractivity contribution < 1.29 is 9.18 Å². The van der Waals surface area contributed by atoms with Crippen LogP contribution in [0.1, 0.15) is 23.3 Å². The van der Waals surface area contributed by atoms with Crippen LogP contribution in [0.2, 0.25) is 0 Å². The topological polar surface area (TPSA) is 59.8 Å². The normalized spacial score (nSPS) is 13.2. The lowest BCUT2D eigenvalue weighted by atomic mass is 10.1. The monoisotopic (exact) mass is 412 g/mol. The lowest BCUT2D eigenvalue weighted by Crippen LogP contribution is -2.17. The third-order valence-electron chi connectivity index (χ3n) is 5.40. The minimum atomic E-state index is -0.337. The van der Waals surface area contributed by atoms with Crippen molar-refractivity contribution in [2.24, 2.45) is 5.92 Å². The number of amides is 1. The Morgan fingerprint density at radius 1 is 0.968 bits per heavy atom. The third-order valence-corrected chi connectivity index (χ3v) is 5.40. The van der Waals surface area contributed by atoms with Crippen LogP contribution < -0.4 is 5.32 Å². The quantitative estimate of drug-likeness (QED) is 0.460. The first-order valence-electron chi connectivity index (χ1n) is 10.3. The number of carbonyl (C=O) groups excluding carboxylic acids is 1. The highest BCUT2D eigenvalue weighted by molar-refractivity contribution is 6.04. The molecule has 0 unspecified atom stereocenters. The van der Waals surface area contributed by atoms with Crippen LogP contribution in [0, 0.1) is 11.7 Å². The number of halogens is 1. The van der Waals surface area contributed by atoms with Crippen LogP contribution in [-0.2, 0) is 6.54 Å². The summed E-state index contributed by atoms with van der Waals surface area (Å²) in [7, 11) is 0. The molecule has 0 radical (unpaired) electrons. The standard InChI is InChI=1S/C25H21FN4O/c26-21-8-10-22(11-9-21)29-25(31)23-12-19(16-30(23)15-17-6-7-17)20-13-27-24(28-14-20)18-4-2-1-3-5-18/h1-5,8-14,16-17H,6-7,15H2,(H,29,31). The summed E-state index contributed by atoms with van der Waals surface area (Å²) < 4.78 is 15.2. The van der Waals surface area contributed by atoms with Gasteiger partial charge in [0.15, 0.2) is 5.82 Å². The Morgan fingerprint density at radius 3 is 2.35 bits per heavy atom. The van der Waals surface area contributed by atoms with Gasteiger partial charge in [0.2, 0.25) is 0 Å². The molecule has 2 aromatic carbocycles. The van der Waals surface area contributed by atoms with E-state index in [0.717, 1.165) is 23.2 Å². The van der Waals surface area contributed by atoms with Gasteiger partial charge in [0.25, 0.3) is 5.91 Å². The van der Waals surface area contributed by atoms with Crippen LogP contribution in [0.25, 0.3) is 22.5 Å². The molecule has 6 heteroatoms. The zero-order valence-corrected chi connectivity index (χ0v) is 16.8. The zero-order valence-electron chi connectivity index (χ0n) is 16.8. The Hall–Kier alpha value is -3.80. The van der Waals surface area contributed by atoms with Crippen molar-refractivity contribution in [2.75, 3.05) is 5.32 Å². The molecule has 2 heterocycles. The van der Waals surface area contributed by atoms with Crippen LogP contribution in [0.5, 0.6) is 0 Å². The molecule has 0 atom stereocenters. The molecule has 1 N–H and O–H groups in total. The number of anilines is 1. The first kappa shape index (κ1) is 19.2. The number of carbonyl (C=O) groups is 1. The molecule has 0 bridgehead atoms. The SMILES string of the molecule is O=C(Nc1ccc(F)cc1)c1cc(-c2cnc(-c3ccccc3)nc2)cn1CC1CC1. The molecule has 31 heavy (non-hydrogen) atoms. The molecular formula is C25H21FN4O. The number of nitrogens with one attached hydrogen (secondary N) is 1. The number of hydrogen-bond acceptors (Lipinski definition) is 3. The Bertz CT molecular complexity index is 1200. The van der Waals surface area contributed by atoms with Gasteiger partial charge in [-0.3, -0.25) is 4.79 Å². The summed E-state index contributed by atoms with van der Waals surface area (Å²) in [4.78, 5) is 22.0. The van der Waals surface area contributed by atoms with Crippen molar-refractivity contribution in [3.8, 4) is 22.5 Å². The van der Waals surface area contributed by atoms with E-state index >= 15 is 0 Å². The highest BCUT2D eigenvalue weighted by atomic mass is 19.1. The largest absolute Gasteiger partial charge is 0.343 e. The predicted octanol–water partition coefficient (Wildman–Crippen LogP) is 5.41. The van der Waals surface area contributed by atoms with Gasteiger partial charge in [0, 0.05) is 47.5 Å². The van der Waals surface area contributed by atoms with E-state index in [2.05, 4.69) is 15.3 Å². The van der Waals surface area contributed by atoms with Crippen LogP contribution in [-0.4, -0.2) is 20.4 Å². The van der Waals surface area contributed by atoms with Gasteiger partial charge in [-0.15, -0.1) is 0 Å². The number of aromatic nitrogens is 3. The molecule has 0 aliphatic heterocycles. The third kappa shape index (κ3) is 4.38. The molecular weight excluding hydrogens is 391 g/mol. The van der Waals surface area contributed by atoms with E-state index < -0.39 is 0 Å². The van der Waals surface area contributed by atoms with Crippen molar-refractivity contribution in [3.63, 3.8) is 0 Å². The molecule has 0 spiro atoms. The van der Waals surface area contributed by atoms with E-state index in [-0.39, 0.29) is 11.7 Å². The maximum absolute atomic E-state index is 13.2. The van der Waals surface area contributed by atoms with Crippen molar-refractivity contribution in [3.05, 3.63) is 90.8 Å². The predicted molar refractivity (Wildman–Crippen MR) is 118 cm³/mol. The Morgan fingerprint density at radius 2 is 1.68 bits per heavy atom. The summed E-state index contributed by atoms with van der Waals surface area (Å²) in [6.45, 7) is 0.801. The van der Waals surface area contributed by atoms with Gasteiger partial charge in [0.05, 0.1) is 0 Å². The minimum absolute atomic E-state index is 0.222. The molecule has 5 rings (SSSR count). The van der Waals surface area contributed by atoms with Crippen molar-refractivity contribution in [2.45, 2.75) is 19.4 Å². The zero-order chi connectivity index (χ0) is 21.2. The van der Waals surface area contributed by atoms with Gasteiger partial charge in [-0.2, -0.15) is 0 Å². The summed E-state index contributed by atoms with van der Waals surface area (Å²) in [5, 5.41) is 2.86. The van der Waals surface area contributed by atoms with Gasteiger partial charge < -0.3 is 9.88 Å².